The summed E-state index contributed by atoms with van der Waals surface area (Å²) >= 11 is 0. The van der Waals surface area contributed by atoms with E-state index >= 15 is 0 Å². The molecule has 18 heavy (non-hydrogen) atoms. The van der Waals surface area contributed by atoms with Crippen molar-refractivity contribution >= 4 is 5.82 Å². The van der Waals surface area contributed by atoms with Crippen LogP contribution in [0.25, 0.3) is 0 Å². The van der Waals surface area contributed by atoms with E-state index in [0.717, 1.165) is 30.9 Å². The molecule has 0 aliphatic carbocycles. The number of fused-ring (bicyclic) bond motifs is 1. The maximum absolute atomic E-state index is 9.17. The van der Waals surface area contributed by atoms with E-state index in [1.807, 2.05) is 12.1 Å². The molecule has 0 atom stereocenters. The average Bonchev–Trinajstić information content (AvgIpc) is 2.47. The zero-order valence-electron chi connectivity index (χ0n) is 10.2. The van der Waals surface area contributed by atoms with Crippen LogP contribution in [0.1, 0.15) is 16.7 Å². The molecule has 1 aromatic carbocycles. The highest BCUT2D eigenvalue weighted by molar-refractivity contribution is 5.45. The van der Waals surface area contributed by atoms with Crippen molar-refractivity contribution in [3.8, 4) is 0 Å². The minimum absolute atomic E-state index is 0.0694. The summed E-state index contributed by atoms with van der Waals surface area (Å²) in [6.07, 6.45) is 2.82. The molecule has 0 fully saturated rings. The van der Waals surface area contributed by atoms with Crippen LogP contribution in [-0.4, -0.2) is 16.6 Å². The molecule has 3 heteroatoms. The van der Waals surface area contributed by atoms with E-state index in [9.17, 15) is 5.11 Å². The van der Waals surface area contributed by atoms with Gasteiger partial charge >= 0.3 is 0 Å². The zero-order chi connectivity index (χ0) is 12.4. The second kappa shape index (κ2) is 4.78. The molecule has 0 amide bonds. The first-order chi connectivity index (χ1) is 8.86. The maximum Gasteiger partial charge on any atom is 0.129 e. The van der Waals surface area contributed by atoms with Gasteiger partial charge in [-0.3, -0.25) is 0 Å². The highest BCUT2D eigenvalue weighted by Gasteiger charge is 2.16. The fourth-order valence-corrected chi connectivity index (χ4v) is 2.42. The van der Waals surface area contributed by atoms with Gasteiger partial charge in [0.15, 0.2) is 0 Å². The van der Waals surface area contributed by atoms with Crippen LogP contribution in [0.2, 0.25) is 0 Å². The van der Waals surface area contributed by atoms with Gasteiger partial charge in [0.25, 0.3) is 0 Å². The van der Waals surface area contributed by atoms with Gasteiger partial charge in [-0.25, -0.2) is 4.98 Å². The number of benzene rings is 1. The number of nitrogens with zero attached hydrogens (tertiary/aromatic N) is 2. The summed E-state index contributed by atoms with van der Waals surface area (Å²) < 4.78 is 0. The van der Waals surface area contributed by atoms with E-state index in [4.69, 9.17) is 0 Å². The molecule has 1 aromatic heterocycles. The Balaban J connectivity index is 1.87. The molecule has 0 radical (unpaired) electrons. The zero-order valence-corrected chi connectivity index (χ0v) is 10.2. The largest absolute Gasteiger partial charge is 0.392 e. The molecule has 3 rings (SSSR count). The lowest BCUT2D eigenvalue weighted by Crippen LogP contribution is -2.30. The highest BCUT2D eigenvalue weighted by Crippen LogP contribution is 2.23. The monoisotopic (exact) mass is 240 g/mol. The molecular weight excluding hydrogens is 224 g/mol. The van der Waals surface area contributed by atoms with Crippen molar-refractivity contribution in [2.75, 3.05) is 11.4 Å². The lowest BCUT2D eigenvalue weighted by molar-refractivity contribution is 0.281. The van der Waals surface area contributed by atoms with E-state index in [1.54, 1.807) is 6.20 Å². The van der Waals surface area contributed by atoms with Gasteiger partial charge in [0, 0.05) is 19.3 Å². The van der Waals surface area contributed by atoms with Gasteiger partial charge < -0.3 is 10.0 Å². The van der Waals surface area contributed by atoms with Crippen molar-refractivity contribution in [1.82, 2.24) is 4.98 Å². The minimum atomic E-state index is 0.0694. The number of aliphatic hydroxyl groups excluding tert-OH is 1. The Morgan fingerprint density at radius 3 is 2.83 bits per heavy atom. The van der Waals surface area contributed by atoms with Crippen LogP contribution >= 0.6 is 0 Å². The van der Waals surface area contributed by atoms with E-state index < -0.39 is 0 Å². The minimum Gasteiger partial charge on any atom is -0.392 e. The molecule has 2 heterocycles. The first-order valence-corrected chi connectivity index (χ1v) is 6.24. The number of hydrogen-bond donors (Lipinski definition) is 1. The molecule has 2 aromatic rings. The topological polar surface area (TPSA) is 36.4 Å². The summed E-state index contributed by atoms with van der Waals surface area (Å²) in [7, 11) is 0. The number of aromatic nitrogens is 1. The van der Waals surface area contributed by atoms with E-state index in [0.29, 0.717) is 0 Å². The quantitative estimate of drug-likeness (QED) is 0.873. The Kier molecular flexibility index (Phi) is 2.99. The van der Waals surface area contributed by atoms with Crippen molar-refractivity contribution in [2.24, 2.45) is 0 Å². The number of hydrogen-bond acceptors (Lipinski definition) is 3. The summed E-state index contributed by atoms with van der Waals surface area (Å²) in [4.78, 5) is 6.66. The maximum atomic E-state index is 9.17. The van der Waals surface area contributed by atoms with Crippen molar-refractivity contribution in [3.63, 3.8) is 0 Å². The first kappa shape index (κ1) is 11.2. The molecule has 1 aliphatic heterocycles. The van der Waals surface area contributed by atoms with Gasteiger partial charge in [-0.2, -0.15) is 0 Å². The first-order valence-electron chi connectivity index (χ1n) is 6.24. The molecule has 0 spiro atoms. The van der Waals surface area contributed by atoms with Crippen LogP contribution in [-0.2, 0) is 19.6 Å². The summed E-state index contributed by atoms with van der Waals surface area (Å²) in [6, 6.07) is 12.4. The molecular formula is C15H16N2O. The summed E-state index contributed by atoms with van der Waals surface area (Å²) in [5.74, 6) is 0.955. The molecule has 0 unspecified atom stereocenters. The number of anilines is 1. The van der Waals surface area contributed by atoms with Gasteiger partial charge in [0.2, 0.25) is 0 Å². The number of rotatable bonds is 2. The van der Waals surface area contributed by atoms with Gasteiger partial charge in [0.1, 0.15) is 5.82 Å². The van der Waals surface area contributed by atoms with Crippen LogP contribution in [0.4, 0.5) is 5.82 Å². The van der Waals surface area contributed by atoms with Crippen molar-refractivity contribution in [3.05, 3.63) is 59.3 Å². The van der Waals surface area contributed by atoms with Crippen molar-refractivity contribution < 1.29 is 5.11 Å². The smallest absolute Gasteiger partial charge is 0.129 e. The van der Waals surface area contributed by atoms with Crippen LogP contribution in [0, 0.1) is 0 Å². The third-order valence-corrected chi connectivity index (χ3v) is 3.45. The standard InChI is InChI=1S/C15H16N2O/c18-11-12-5-7-16-15(9-12)17-8-6-13-3-1-2-4-14(13)10-17/h1-5,7,9,18H,6,8,10-11H2. The van der Waals surface area contributed by atoms with Crippen LogP contribution < -0.4 is 4.90 Å². The lowest BCUT2D eigenvalue weighted by Gasteiger charge is -2.29. The Morgan fingerprint density at radius 1 is 1.17 bits per heavy atom. The van der Waals surface area contributed by atoms with Crippen LogP contribution in [0.3, 0.4) is 0 Å². The molecule has 1 N–H and O–H groups in total. The van der Waals surface area contributed by atoms with Crippen LogP contribution in [0.5, 0.6) is 0 Å². The highest BCUT2D eigenvalue weighted by atomic mass is 16.3. The number of aliphatic hydroxyl groups is 1. The molecule has 1 aliphatic rings. The van der Waals surface area contributed by atoms with Crippen LogP contribution in [0.15, 0.2) is 42.6 Å². The predicted octanol–water partition coefficient (Wildman–Crippen LogP) is 2.14. The Bertz CT molecular complexity index is 554. The lowest BCUT2D eigenvalue weighted by atomic mass is 10.00. The normalized spacial score (nSPS) is 14.4. The van der Waals surface area contributed by atoms with E-state index in [-0.39, 0.29) is 6.61 Å². The fourth-order valence-electron chi connectivity index (χ4n) is 2.42. The molecule has 0 saturated heterocycles. The predicted molar refractivity (Wildman–Crippen MR) is 71.4 cm³/mol. The van der Waals surface area contributed by atoms with Gasteiger partial charge in [-0.05, 0) is 35.2 Å². The third kappa shape index (κ3) is 2.09. The molecule has 3 nitrogen and oxygen atoms in total. The molecule has 0 bridgehead atoms. The Morgan fingerprint density at radius 2 is 2.00 bits per heavy atom. The SMILES string of the molecule is OCc1ccnc(N2CCc3ccccc3C2)c1. The molecule has 0 saturated carbocycles. The Hall–Kier alpha value is -1.87. The summed E-state index contributed by atoms with van der Waals surface area (Å²) in [5.41, 5.74) is 3.73. The third-order valence-electron chi connectivity index (χ3n) is 3.45. The van der Waals surface area contributed by atoms with E-state index in [2.05, 4.69) is 34.1 Å². The fraction of sp³-hybridized carbons (Fsp3) is 0.267. The average molecular weight is 240 g/mol. The number of pyridine rings is 1. The van der Waals surface area contributed by atoms with Gasteiger partial charge in [-0.15, -0.1) is 0 Å². The van der Waals surface area contributed by atoms with Crippen molar-refractivity contribution in [2.45, 2.75) is 19.6 Å². The Labute approximate surface area is 107 Å². The van der Waals surface area contributed by atoms with Gasteiger partial charge in [0.05, 0.1) is 6.61 Å². The van der Waals surface area contributed by atoms with Crippen molar-refractivity contribution in [1.29, 1.82) is 0 Å². The summed E-state index contributed by atoms with van der Waals surface area (Å²) in [6.45, 7) is 1.96. The summed E-state index contributed by atoms with van der Waals surface area (Å²) in [5, 5.41) is 9.17. The molecule has 92 valence electrons. The second-order valence-corrected chi connectivity index (χ2v) is 4.62. The van der Waals surface area contributed by atoms with E-state index in [1.165, 1.54) is 11.1 Å². The second-order valence-electron chi connectivity index (χ2n) is 4.62. The van der Waals surface area contributed by atoms with Gasteiger partial charge in [-0.1, -0.05) is 24.3 Å².